The summed E-state index contributed by atoms with van der Waals surface area (Å²) in [7, 11) is 0. The molecular formula is C33H38N6O2. The summed E-state index contributed by atoms with van der Waals surface area (Å²) >= 11 is 0. The van der Waals surface area contributed by atoms with E-state index in [0.29, 0.717) is 32.4 Å². The van der Waals surface area contributed by atoms with Crippen LogP contribution >= 0.6 is 0 Å². The number of para-hydroxylation sites is 1. The minimum Gasteiger partial charge on any atom is -0.328 e. The van der Waals surface area contributed by atoms with Crippen molar-refractivity contribution in [1.29, 1.82) is 0 Å². The summed E-state index contributed by atoms with van der Waals surface area (Å²) in [4.78, 5) is 38.2. The Morgan fingerprint density at radius 2 is 1.95 bits per heavy atom. The summed E-state index contributed by atoms with van der Waals surface area (Å²) in [5.41, 5.74) is 9.06. The first-order valence-corrected chi connectivity index (χ1v) is 14.8. The molecule has 2 aromatic carbocycles. The summed E-state index contributed by atoms with van der Waals surface area (Å²) in [6.07, 6.45) is 6.84. The Morgan fingerprint density at radius 1 is 1.17 bits per heavy atom. The number of piperidine rings is 1. The average molecular weight is 551 g/mol. The standard InChI is InChI=1S/C33H38N6O2/c1-20-13-21-14-28(29-35-16-22(15-32(2,3)4)39(29)19-25(21)24-18-34-17-23(20)24)37-31(41)38-11-9-33(10-12-38)26-7-5-6-8-27(26)36-30(33)40/h5-8,13,16,18,28H,9-12,14-15,17,19H2,1-4H3,(H,36,40)(H,37,41)/t28-/m1/s1. The molecule has 8 nitrogen and oxygen atoms in total. The van der Waals surface area contributed by atoms with E-state index < -0.39 is 5.41 Å². The highest BCUT2D eigenvalue weighted by Crippen LogP contribution is 2.45. The maximum Gasteiger partial charge on any atom is 0.317 e. The molecule has 2 N–H and O–H groups in total. The number of fused-ring (bicyclic) bond motifs is 6. The fraction of sp³-hybridized carbons (Fsp3) is 0.455. The zero-order chi connectivity index (χ0) is 28.5. The number of hydrogen-bond acceptors (Lipinski definition) is 4. The van der Waals surface area contributed by atoms with Gasteiger partial charge in [0, 0.05) is 48.9 Å². The van der Waals surface area contributed by atoms with E-state index in [-0.39, 0.29) is 23.4 Å². The number of aryl methyl sites for hydroxylation is 1. The number of urea groups is 1. The Bertz CT molecular complexity index is 1600. The third-order valence-electron chi connectivity index (χ3n) is 9.43. The van der Waals surface area contributed by atoms with Gasteiger partial charge in [-0.2, -0.15) is 0 Å². The number of hydrogen-bond donors (Lipinski definition) is 2. The fourth-order valence-electron chi connectivity index (χ4n) is 7.32. The Hall–Kier alpha value is -3.94. The van der Waals surface area contributed by atoms with Crippen LogP contribution < -0.4 is 10.6 Å². The number of amides is 3. The van der Waals surface area contributed by atoms with E-state index in [1.165, 1.54) is 33.5 Å². The van der Waals surface area contributed by atoms with Gasteiger partial charge in [0.25, 0.3) is 0 Å². The average Bonchev–Trinajstić information content (AvgIpc) is 3.61. The van der Waals surface area contributed by atoms with Gasteiger partial charge >= 0.3 is 6.03 Å². The molecule has 7 rings (SSSR count). The smallest absolute Gasteiger partial charge is 0.317 e. The molecular weight excluding hydrogens is 512 g/mol. The zero-order valence-electron chi connectivity index (χ0n) is 24.4. The number of aliphatic imine (C=N–C) groups is 1. The molecule has 3 amide bonds. The van der Waals surface area contributed by atoms with E-state index >= 15 is 0 Å². The molecule has 1 atom stereocenters. The van der Waals surface area contributed by atoms with Crippen molar-refractivity contribution >= 4 is 23.8 Å². The summed E-state index contributed by atoms with van der Waals surface area (Å²) in [6, 6.07) is 9.90. The van der Waals surface area contributed by atoms with Gasteiger partial charge in [-0.25, -0.2) is 9.78 Å². The second-order valence-electron chi connectivity index (χ2n) is 13.4. The monoisotopic (exact) mass is 550 g/mol. The number of imidazole rings is 1. The molecule has 5 heterocycles. The number of aromatic nitrogens is 2. The fourth-order valence-corrected chi connectivity index (χ4v) is 7.32. The minimum atomic E-state index is -0.549. The van der Waals surface area contributed by atoms with Gasteiger partial charge in [0.15, 0.2) is 0 Å². The van der Waals surface area contributed by atoms with Crippen LogP contribution in [-0.2, 0) is 36.1 Å². The van der Waals surface area contributed by atoms with Crippen molar-refractivity contribution in [2.75, 3.05) is 18.4 Å². The van der Waals surface area contributed by atoms with Crippen molar-refractivity contribution < 1.29 is 9.59 Å². The Morgan fingerprint density at radius 3 is 2.73 bits per heavy atom. The molecule has 4 aliphatic rings. The lowest BCUT2D eigenvalue weighted by Gasteiger charge is -2.38. The first-order chi connectivity index (χ1) is 19.6. The lowest BCUT2D eigenvalue weighted by Crippen LogP contribution is -2.51. The van der Waals surface area contributed by atoms with Crippen LogP contribution in [-0.4, -0.2) is 45.7 Å². The summed E-state index contributed by atoms with van der Waals surface area (Å²) in [5, 5.41) is 6.43. The number of nitrogens with one attached hydrogen (secondary N) is 2. The Balaban J connectivity index is 1.17. The van der Waals surface area contributed by atoms with Gasteiger partial charge in [-0.1, -0.05) is 45.0 Å². The van der Waals surface area contributed by atoms with Crippen molar-refractivity contribution in [2.24, 2.45) is 10.4 Å². The zero-order valence-corrected chi connectivity index (χ0v) is 24.4. The van der Waals surface area contributed by atoms with Gasteiger partial charge in [0.1, 0.15) is 5.82 Å². The third-order valence-corrected chi connectivity index (χ3v) is 9.43. The van der Waals surface area contributed by atoms with Crippen LogP contribution in [0.3, 0.4) is 0 Å². The molecule has 0 radical (unpaired) electrons. The number of likely N-dealkylation sites (tertiary alicyclic amines) is 1. The highest BCUT2D eigenvalue weighted by atomic mass is 16.2. The molecule has 4 aliphatic heterocycles. The van der Waals surface area contributed by atoms with Gasteiger partial charge in [0.05, 0.1) is 24.5 Å². The van der Waals surface area contributed by atoms with Crippen LogP contribution in [0, 0.1) is 12.3 Å². The first-order valence-electron chi connectivity index (χ1n) is 14.8. The van der Waals surface area contributed by atoms with Crippen LogP contribution in [0.4, 0.5) is 10.5 Å². The topological polar surface area (TPSA) is 91.6 Å². The molecule has 41 heavy (non-hydrogen) atoms. The number of anilines is 1. The maximum atomic E-state index is 13.8. The molecule has 1 fully saturated rings. The SMILES string of the molecule is Cc1cc2c(c3c1CN=C3)Cn1c(CC(C)(C)C)cnc1[C@H](NC(=O)N1CCC3(CC1)C(=O)Nc1ccccc13)C2. The maximum absolute atomic E-state index is 13.8. The second-order valence-corrected chi connectivity index (χ2v) is 13.4. The normalized spacial score (nSPS) is 20.2. The number of carbonyl (C=O) groups is 2. The number of rotatable bonds is 2. The highest BCUT2D eigenvalue weighted by molar-refractivity contribution is 6.06. The largest absolute Gasteiger partial charge is 0.328 e. The van der Waals surface area contributed by atoms with E-state index in [1.807, 2.05) is 41.6 Å². The summed E-state index contributed by atoms with van der Waals surface area (Å²) in [6.45, 7) is 11.4. The molecule has 212 valence electrons. The van der Waals surface area contributed by atoms with E-state index in [2.05, 4.69) is 54.0 Å². The molecule has 0 unspecified atom stereocenters. The van der Waals surface area contributed by atoms with Crippen LogP contribution in [0.2, 0.25) is 0 Å². The summed E-state index contributed by atoms with van der Waals surface area (Å²) in [5.74, 6) is 0.965. The molecule has 1 aromatic heterocycles. The second kappa shape index (κ2) is 9.29. The van der Waals surface area contributed by atoms with Crippen molar-refractivity contribution in [3.05, 3.63) is 81.4 Å². The predicted octanol–water partition coefficient (Wildman–Crippen LogP) is 5.05. The lowest BCUT2D eigenvalue weighted by molar-refractivity contribution is -0.122. The van der Waals surface area contributed by atoms with Crippen molar-refractivity contribution in [3.63, 3.8) is 0 Å². The van der Waals surface area contributed by atoms with E-state index in [9.17, 15) is 9.59 Å². The van der Waals surface area contributed by atoms with Crippen molar-refractivity contribution in [1.82, 2.24) is 19.8 Å². The Labute approximate surface area is 241 Å². The minimum absolute atomic E-state index is 0.0546. The van der Waals surface area contributed by atoms with Gasteiger partial charge in [-0.15, -0.1) is 0 Å². The van der Waals surface area contributed by atoms with E-state index in [4.69, 9.17) is 4.98 Å². The van der Waals surface area contributed by atoms with Gasteiger partial charge < -0.3 is 20.1 Å². The molecule has 0 bridgehead atoms. The summed E-state index contributed by atoms with van der Waals surface area (Å²) < 4.78 is 2.33. The molecule has 1 saturated heterocycles. The molecule has 0 saturated carbocycles. The number of carbonyl (C=O) groups excluding carboxylic acids is 2. The van der Waals surface area contributed by atoms with Crippen LogP contribution in [0.15, 0.2) is 41.5 Å². The van der Waals surface area contributed by atoms with Gasteiger partial charge in [-0.05, 0) is 65.5 Å². The highest BCUT2D eigenvalue weighted by Gasteiger charge is 2.49. The number of benzene rings is 2. The molecule has 3 aromatic rings. The first kappa shape index (κ1) is 26.0. The van der Waals surface area contributed by atoms with Gasteiger partial charge in [0.2, 0.25) is 5.91 Å². The van der Waals surface area contributed by atoms with Crippen LogP contribution in [0.1, 0.15) is 84.6 Å². The van der Waals surface area contributed by atoms with Crippen LogP contribution in [0.25, 0.3) is 0 Å². The van der Waals surface area contributed by atoms with Crippen molar-refractivity contribution in [2.45, 2.75) is 77.9 Å². The molecule has 0 aliphatic carbocycles. The third kappa shape index (κ3) is 4.26. The lowest BCUT2D eigenvalue weighted by atomic mass is 9.74. The quantitative estimate of drug-likeness (QED) is 0.468. The number of nitrogens with zero attached hydrogens (tertiary/aromatic N) is 4. The van der Waals surface area contributed by atoms with Crippen molar-refractivity contribution in [3.8, 4) is 0 Å². The van der Waals surface area contributed by atoms with Crippen LogP contribution in [0.5, 0.6) is 0 Å². The Kier molecular flexibility index (Phi) is 5.89. The van der Waals surface area contributed by atoms with E-state index in [1.54, 1.807) is 0 Å². The molecule has 1 spiro atoms. The predicted molar refractivity (Wildman–Crippen MR) is 159 cm³/mol. The van der Waals surface area contributed by atoms with E-state index in [0.717, 1.165) is 36.6 Å². The van der Waals surface area contributed by atoms with Gasteiger partial charge in [-0.3, -0.25) is 9.79 Å². The molecule has 8 heteroatoms.